The van der Waals surface area contributed by atoms with Crippen LogP contribution in [0.4, 0.5) is 0 Å². The molecule has 5 nitrogen and oxygen atoms in total. The molecule has 0 saturated heterocycles. The second-order valence-corrected chi connectivity index (χ2v) is 3.55. The van der Waals surface area contributed by atoms with E-state index in [1.165, 1.54) is 13.2 Å². The first kappa shape index (κ1) is 12.2. The Labute approximate surface area is 103 Å². The molecule has 0 amide bonds. The lowest BCUT2D eigenvalue weighted by atomic mass is 10.1. The van der Waals surface area contributed by atoms with Crippen molar-refractivity contribution in [2.45, 2.75) is 6.92 Å². The molecule has 0 aliphatic rings. The van der Waals surface area contributed by atoms with E-state index in [9.17, 15) is 9.59 Å². The summed E-state index contributed by atoms with van der Waals surface area (Å²) in [6.07, 6.45) is 0.690. The largest absolute Gasteiger partial charge is 0.495 e. The van der Waals surface area contributed by atoms with Crippen LogP contribution in [0.25, 0.3) is 11.0 Å². The molecule has 2 aromatic rings. The number of fused-ring (bicyclic) bond motifs is 1. The number of carbonyl (C=O) groups is 2. The minimum absolute atomic E-state index is 0.0909. The summed E-state index contributed by atoms with van der Waals surface area (Å²) in [5, 5.41) is 0.574. The van der Waals surface area contributed by atoms with Crippen molar-refractivity contribution in [1.29, 1.82) is 0 Å². The average molecular weight is 248 g/mol. The van der Waals surface area contributed by atoms with Gasteiger partial charge in [0.15, 0.2) is 6.29 Å². The van der Waals surface area contributed by atoms with Gasteiger partial charge in [0.2, 0.25) is 5.76 Å². The Kier molecular flexibility index (Phi) is 3.32. The molecule has 2 rings (SSSR count). The second-order valence-electron chi connectivity index (χ2n) is 3.55. The van der Waals surface area contributed by atoms with E-state index >= 15 is 0 Å². The van der Waals surface area contributed by atoms with E-state index < -0.39 is 5.97 Å². The molecule has 0 saturated carbocycles. The number of rotatable bonds is 4. The van der Waals surface area contributed by atoms with Gasteiger partial charge in [-0.25, -0.2) is 4.79 Å². The van der Waals surface area contributed by atoms with E-state index in [1.807, 2.05) is 0 Å². The summed E-state index contributed by atoms with van der Waals surface area (Å²) in [5.41, 5.74) is 0.877. The summed E-state index contributed by atoms with van der Waals surface area (Å²) < 4.78 is 15.4. The number of aldehydes is 1. The minimum atomic E-state index is -0.539. The van der Waals surface area contributed by atoms with Gasteiger partial charge in [-0.3, -0.25) is 4.79 Å². The van der Waals surface area contributed by atoms with E-state index in [0.717, 1.165) is 0 Å². The standard InChI is InChI=1S/C13H12O5/c1-3-17-13(15)11-6-9-10(18-11)5-4-8(7-14)12(9)16-2/h4-7H,3H2,1-2H3. The molecule has 0 unspecified atom stereocenters. The van der Waals surface area contributed by atoms with Gasteiger partial charge in [0.1, 0.15) is 11.3 Å². The summed E-state index contributed by atoms with van der Waals surface area (Å²) in [5.74, 6) is -0.0570. The van der Waals surface area contributed by atoms with E-state index in [1.54, 1.807) is 19.1 Å². The molecular weight excluding hydrogens is 236 g/mol. The molecule has 0 atom stereocenters. The second kappa shape index (κ2) is 4.91. The number of furan rings is 1. The Morgan fingerprint density at radius 3 is 2.83 bits per heavy atom. The molecule has 94 valence electrons. The molecule has 0 fully saturated rings. The smallest absolute Gasteiger partial charge is 0.374 e. The highest BCUT2D eigenvalue weighted by Crippen LogP contribution is 2.31. The third-order valence-electron chi connectivity index (χ3n) is 2.49. The SMILES string of the molecule is CCOC(=O)c1cc2c(OC)c(C=O)ccc2o1. The monoisotopic (exact) mass is 248 g/mol. The molecule has 0 bridgehead atoms. The summed E-state index contributed by atoms with van der Waals surface area (Å²) in [6.45, 7) is 1.98. The number of carbonyl (C=O) groups excluding carboxylic acids is 2. The van der Waals surface area contributed by atoms with E-state index in [2.05, 4.69) is 0 Å². The Morgan fingerprint density at radius 1 is 1.44 bits per heavy atom. The van der Waals surface area contributed by atoms with Crippen LogP contribution in [-0.2, 0) is 4.74 Å². The van der Waals surface area contributed by atoms with Gasteiger partial charge in [0.25, 0.3) is 0 Å². The predicted octanol–water partition coefficient (Wildman–Crippen LogP) is 2.43. The molecule has 1 aromatic heterocycles. The van der Waals surface area contributed by atoms with Crippen LogP contribution in [0, 0.1) is 0 Å². The Bertz CT molecular complexity index is 597. The molecule has 0 radical (unpaired) electrons. The summed E-state index contributed by atoms with van der Waals surface area (Å²) >= 11 is 0. The molecule has 0 N–H and O–H groups in total. The predicted molar refractivity (Wildman–Crippen MR) is 64.1 cm³/mol. The van der Waals surface area contributed by atoms with Gasteiger partial charge in [-0.1, -0.05) is 0 Å². The molecule has 5 heteroatoms. The van der Waals surface area contributed by atoms with Crippen LogP contribution in [0.15, 0.2) is 22.6 Å². The average Bonchev–Trinajstić information content (AvgIpc) is 2.81. The van der Waals surface area contributed by atoms with Crippen molar-refractivity contribution in [3.05, 3.63) is 29.5 Å². The lowest BCUT2D eigenvalue weighted by Crippen LogP contribution is -2.02. The minimum Gasteiger partial charge on any atom is -0.495 e. The van der Waals surface area contributed by atoms with Crippen molar-refractivity contribution in [3.63, 3.8) is 0 Å². The third kappa shape index (κ3) is 1.95. The Balaban J connectivity index is 2.57. The maximum Gasteiger partial charge on any atom is 0.374 e. The van der Waals surface area contributed by atoms with Gasteiger partial charge in [0, 0.05) is 6.07 Å². The zero-order chi connectivity index (χ0) is 13.1. The number of methoxy groups -OCH3 is 1. The van der Waals surface area contributed by atoms with Crippen LogP contribution in [-0.4, -0.2) is 26.0 Å². The number of benzene rings is 1. The Morgan fingerprint density at radius 2 is 2.22 bits per heavy atom. The van der Waals surface area contributed by atoms with Crippen molar-refractivity contribution in [1.82, 2.24) is 0 Å². The van der Waals surface area contributed by atoms with Gasteiger partial charge in [-0.05, 0) is 19.1 Å². The maximum atomic E-state index is 11.5. The van der Waals surface area contributed by atoms with Crippen LogP contribution >= 0.6 is 0 Å². The van der Waals surface area contributed by atoms with Crippen molar-refractivity contribution < 1.29 is 23.5 Å². The summed E-state index contributed by atoms with van der Waals surface area (Å²) in [7, 11) is 1.46. The number of esters is 1. The molecule has 18 heavy (non-hydrogen) atoms. The van der Waals surface area contributed by atoms with Gasteiger partial charge >= 0.3 is 5.97 Å². The lowest BCUT2D eigenvalue weighted by Gasteiger charge is -2.02. The highest BCUT2D eigenvalue weighted by molar-refractivity contribution is 5.98. The zero-order valence-electron chi connectivity index (χ0n) is 10.1. The Hall–Kier alpha value is -2.30. The highest BCUT2D eigenvalue weighted by Gasteiger charge is 2.17. The fourth-order valence-electron chi connectivity index (χ4n) is 1.73. The van der Waals surface area contributed by atoms with Gasteiger partial charge < -0.3 is 13.9 Å². The first-order chi connectivity index (χ1) is 8.71. The van der Waals surface area contributed by atoms with E-state index in [-0.39, 0.29) is 12.4 Å². The maximum absolute atomic E-state index is 11.5. The van der Waals surface area contributed by atoms with Crippen LogP contribution in [0.2, 0.25) is 0 Å². The van der Waals surface area contributed by atoms with E-state index in [4.69, 9.17) is 13.9 Å². The van der Waals surface area contributed by atoms with Crippen molar-refractivity contribution in [3.8, 4) is 5.75 Å². The quantitative estimate of drug-likeness (QED) is 0.614. The van der Waals surface area contributed by atoms with Crippen LogP contribution < -0.4 is 4.74 Å². The molecule has 1 heterocycles. The molecular formula is C13H12O5. The van der Waals surface area contributed by atoms with Crippen molar-refractivity contribution in [2.24, 2.45) is 0 Å². The van der Waals surface area contributed by atoms with Gasteiger partial charge in [-0.2, -0.15) is 0 Å². The van der Waals surface area contributed by atoms with Crippen LogP contribution in [0.5, 0.6) is 5.75 Å². The molecule has 0 spiro atoms. The molecule has 0 aliphatic heterocycles. The first-order valence-electron chi connectivity index (χ1n) is 5.44. The first-order valence-corrected chi connectivity index (χ1v) is 5.44. The normalized spacial score (nSPS) is 10.3. The number of hydrogen-bond donors (Lipinski definition) is 0. The lowest BCUT2D eigenvalue weighted by molar-refractivity contribution is 0.0492. The summed E-state index contributed by atoms with van der Waals surface area (Å²) in [4.78, 5) is 22.4. The molecule has 1 aromatic carbocycles. The topological polar surface area (TPSA) is 65.7 Å². The highest BCUT2D eigenvalue weighted by atomic mass is 16.5. The van der Waals surface area contributed by atoms with Crippen molar-refractivity contribution >= 4 is 23.2 Å². The van der Waals surface area contributed by atoms with Crippen molar-refractivity contribution in [2.75, 3.05) is 13.7 Å². The van der Waals surface area contributed by atoms with Gasteiger partial charge in [-0.15, -0.1) is 0 Å². The number of ether oxygens (including phenoxy) is 2. The zero-order valence-corrected chi connectivity index (χ0v) is 10.1. The molecule has 0 aliphatic carbocycles. The fourth-order valence-corrected chi connectivity index (χ4v) is 1.73. The van der Waals surface area contributed by atoms with Gasteiger partial charge in [0.05, 0.1) is 24.7 Å². The fraction of sp³-hybridized carbons (Fsp3) is 0.231. The van der Waals surface area contributed by atoms with E-state index in [0.29, 0.717) is 28.6 Å². The number of hydrogen-bond acceptors (Lipinski definition) is 5. The third-order valence-corrected chi connectivity index (χ3v) is 2.49. The van der Waals surface area contributed by atoms with Crippen LogP contribution in [0.3, 0.4) is 0 Å². The van der Waals surface area contributed by atoms with Crippen LogP contribution in [0.1, 0.15) is 27.8 Å². The summed E-state index contributed by atoms with van der Waals surface area (Å²) in [6, 6.07) is 4.70.